The molecule has 1 heterocycles. The molecule has 1 aliphatic heterocycles. The fourth-order valence-electron chi connectivity index (χ4n) is 3.36. The van der Waals surface area contributed by atoms with Gasteiger partial charge in [-0.2, -0.15) is 0 Å². The molecule has 30 heavy (non-hydrogen) atoms. The molecule has 0 radical (unpaired) electrons. The lowest BCUT2D eigenvalue weighted by Crippen LogP contribution is -2.46. The van der Waals surface area contributed by atoms with Gasteiger partial charge < -0.3 is 19.7 Å². The van der Waals surface area contributed by atoms with E-state index in [-0.39, 0.29) is 24.8 Å². The zero-order valence-electron chi connectivity index (χ0n) is 16.8. The summed E-state index contributed by atoms with van der Waals surface area (Å²) < 4.78 is 38.4. The van der Waals surface area contributed by atoms with E-state index in [0.717, 1.165) is 37.6 Å². The standard InChI is InChI=1S/C23H26F2N2O3/c1-2-13-29-21-7-3-17(4-8-21)16-30-23(28)27(20-9-11-26-12-10-20)15-18-5-6-19(24)14-22(18)25/h2-8,14,20,26H,1,9-13,15-16H2. The summed E-state index contributed by atoms with van der Waals surface area (Å²) in [4.78, 5) is 14.4. The summed E-state index contributed by atoms with van der Waals surface area (Å²) in [5.41, 5.74) is 1.07. The number of hydrogen-bond donors (Lipinski definition) is 1. The summed E-state index contributed by atoms with van der Waals surface area (Å²) in [6, 6.07) is 10.6. The van der Waals surface area contributed by atoms with Gasteiger partial charge in [0.15, 0.2) is 0 Å². The number of nitrogens with zero attached hydrogens (tertiary/aromatic N) is 1. The zero-order valence-corrected chi connectivity index (χ0v) is 16.8. The van der Waals surface area contributed by atoms with Crippen LogP contribution in [0, 0.1) is 11.6 Å². The summed E-state index contributed by atoms with van der Waals surface area (Å²) in [5.74, 6) is -0.613. The highest BCUT2D eigenvalue weighted by Gasteiger charge is 2.27. The average Bonchev–Trinajstić information content (AvgIpc) is 2.77. The molecule has 1 fully saturated rings. The minimum Gasteiger partial charge on any atom is -0.490 e. The van der Waals surface area contributed by atoms with E-state index >= 15 is 0 Å². The van der Waals surface area contributed by atoms with E-state index in [1.54, 1.807) is 23.1 Å². The third kappa shape index (κ3) is 6.03. The second kappa shape index (κ2) is 10.7. The summed E-state index contributed by atoms with van der Waals surface area (Å²) in [7, 11) is 0. The average molecular weight is 416 g/mol. The van der Waals surface area contributed by atoms with Crippen molar-refractivity contribution in [1.82, 2.24) is 10.2 Å². The van der Waals surface area contributed by atoms with Gasteiger partial charge >= 0.3 is 6.09 Å². The molecule has 0 unspecified atom stereocenters. The smallest absolute Gasteiger partial charge is 0.410 e. The van der Waals surface area contributed by atoms with E-state index in [1.807, 2.05) is 12.1 Å². The Kier molecular flexibility index (Phi) is 7.79. The van der Waals surface area contributed by atoms with E-state index < -0.39 is 17.7 Å². The fraction of sp³-hybridized carbons (Fsp3) is 0.348. The highest BCUT2D eigenvalue weighted by Crippen LogP contribution is 2.20. The Morgan fingerprint density at radius 3 is 2.57 bits per heavy atom. The monoisotopic (exact) mass is 416 g/mol. The van der Waals surface area contributed by atoms with E-state index in [4.69, 9.17) is 9.47 Å². The lowest BCUT2D eigenvalue weighted by Gasteiger charge is -2.34. The predicted octanol–water partition coefficient (Wildman–Crippen LogP) is 4.42. The minimum absolute atomic E-state index is 0.0317. The third-order valence-electron chi connectivity index (χ3n) is 4.99. The van der Waals surface area contributed by atoms with Gasteiger partial charge in [-0.15, -0.1) is 0 Å². The Labute approximate surface area is 175 Å². The molecule has 0 aromatic heterocycles. The highest BCUT2D eigenvalue weighted by atomic mass is 19.1. The van der Waals surface area contributed by atoms with Crippen LogP contribution in [0.2, 0.25) is 0 Å². The van der Waals surface area contributed by atoms with E-state index in [2.05, 4.69) is 11.9 Å². The van der Waals surface area contributed by atoms with Gasteiger partial charge in [-0.05, 0) is 49.7 Å². The van der Waals surface area contributed by atoms with Crippen LogP contribution < -0.4 is 10.1 Å². The van der Waals surface area contributed by atoms with E-state index in [0.29, 0.717) is 12.4 Å². The molecular formula is C23H26F2N2O3. The van der Waals surface area contributed by atoms with Crippen molar-refractivity contribution in [1.29, 1.82) is 0 Å². The van der Waals surface area contributed by atoms with Crippen LogP contribution in [0.5, 0.6) is 5.75 Å². The van der Waals surface area contributed by atoms with Gasteiger partial charge in [0.1, 0.15) is 30.6 Å². The first-order chi connectivity index (χ1) is 14.6. The second-order valence-corrected chi connectivity index (χ2v) is 7.14. The number of hydrogen-bond acceptors (Lipinski definition) is 4. The number of halogens is 2. The van der Waals surface area contributed by atoms with Crippen LogP contribution in [0.25, 0.3) is 0 Å². The van der Waals surface area contributed by atoms with Crippen LogP contribution in [0.1, 0.15) is 24.0 Å². The topological polar surface area (TPSA) is 50.8 Å². The first-order valence-corrected chi connectivity index (χ1v) is 9.97. The normalized spacial score (nSPS) is 14.2. The Morgan fingerprint density at radius 2 is 1.90 bits per heavy atom. The van der Waals surface area contributed by atoms with Gasteiger partial charge in [0.25, 0.3) is 0 Å². The van der Waals surface area contributed by atoms with Gasteiger partial charge in [0.05, 0.1) is 6.54 Å². The van der Waals surface area contributed by atoms with Crippen molar-refractivity contribution in [2.75, 3.05) is 19.7 Å². The van der Waals surface area contributed by atoms with Crippen molar-refractivity contribution in [3.63, 3.8) is 0 Å². The van der Waals surface area contributed by atoms with Crippen molar-refractivity contribution in [3.8, 4) is 5.75 Å². The number of benzene rings is 2. The molecule has 1 amide bonds. The highest BCUT2D eigenvalue weighted by molar-refractivity contribution is 5.68. The Balaban J connectivity index is 1.66. The maximum absolute atomic E-state index is 14.2. The van der Waals surface area contributed by atoms with Gasteiger partial charge in [-0.25, -0.2) is 13.6 Å². The molecule has 2 aromatic carbocycles. The Bertz CT molecular complexity index is 852. The second-order valence-electron chi connectivity index (χ2n) is 7.14. The van der Waals surface area contributed by atoms with Crippen LogP contribution in [0.15, 0.2) is 55.1 Å². The number of nitrogens with one attached hydrogen (secondary N) is 1. The van der Waals surface area contributed by atoms with Crippen molar-refractivity contribution in [3.05, 3.63) is 77.9 Å². The largest absolute Gasteiger partial charge is 0.490 e. The molecular weight excluding hydrogens is 390 g/mol. The molecule has 1 aliphatic rings. The van der Waals surface area contributed by atoms with Crippen LogP contribution >= 0.6 is 0 Å². The molecule has 7 heteroatoms. The predicted molar refractivity (Wildman–Crippen MR) is 110 cm³/mol. The molecule has 0 saturated carbocycles. The lowest BCUT2D eigenvalue weighted by atomic mass is 10.0. The third-order valence-corrected chi connectivity index (χ3v) is 4.99. The number of rotatable bonds is 8. The van der Waals surface area contributed by atoms with Gasteiger partial charge in [-0.1, -0.05) is 30.9 Å². The van der Waals surface area contributed by atoms with Crippen LogP contribution in [0.4, 0.5) is 13.6 Å². The molecule has 0 spiro atoms. The van der Waals surface area contributed by atoms with Crippen LogP contribution in [-0.2, 0) is 17.9 Å². The maximum atomic E-state index is 14.2. The number of ether oxygens (including phenoxy) is 2. The fourth-order valence-corrected chi connectivity index (χ4v) is 3.36. The molecule has 1 saturated heterocycles. The minimum atomic E-state index is -0.670. The van der Waals surface area contributed by atoms with Crippen molar-refractivity contribution in [2.24, 2.45) is 0 Å². The lowest BCUT2D eigenvalue weighted by molar-refractivity contribution is 0.0695. The molecule has 3 rings (SSSR count). The van der Waals surface area contributed by atoms with Gasteiger partial charge in [0, 0.05) is 17.7 Å². The van der Waals surface area contributed by atoms with Gasteiger partial charge in [-0.3, -0.25) is 0 Å². The quantitative estimate of drug-likeness (QED) is 0.648. The first kappa shape index (κ1) is 21.8. The van der Waals surface area contributed by atoms with Crippen LogP contribution in [0.3, 0.4) is 0 Å². The molecule has 0 aliphatic carbocycles. The zero-order chi connectivity index (χ0) is 21.3. The van der Waals surface area contributed by atoms with E-state index in [9.17, 15) is 13.6 Å². The molecule has 5 nitrogen and oxygen atoms in total. The summed E-state index contributed by atoms with van der Waals surface area (Å²) >= 11 is 0. The van der Waals surface area contributed by atoms with Crippen molar-refractivity contribution < 1.29 is 23.0 Å². The van der Waals surface area contributed by atoms with Crippen LogP contribution in [-0.4, -0.2) is 36.7 Å². The number of piperidine rings is 1. The number of amides is 1. The molecule has 2 aromatic rings. The first-order valence-electron chi connectivity index (χ1n) is 9.97. The van der Waals surface area contributed by atoms with Crippen molar-refractivity contribution >= 4 is 6.09 Å². The summed E-state index contributed by atoms with van der Waals surface area (Å²) in [6.07, 6.45) is 2.63. The molecule has 0 atom stereocenters. The summed E-state index contributed by atoms with van der Waals surface area (Å²) in [6.45, 7) is 5.68. The van der Waals surface area contributed by atoms with E-state index in [1.165, 1.54) is 12.1 Å². The molecule has 1 N–H and O–H groups in total. The maximum Gasteiger partial charge on any atom is 0.410 e. The molecule has 160 valence electrons. The SMILES string of the molecule is C=CCOc1ccc(COC(=O)N(Cc2ccc(F)cc2F)C2CCNCC2)cc1. The van der Waals surface area contributed by atoms with Gasteiger partial charge in [0.2, 0.25) is 0 Å². The Hall–Kier alpha value is -2.93. The summed E-state index contributed by atoms with van der Waals surface area (Å²) in [5, 5.41) is 3.25. The van der Waals surface area contributed by atoms with Crippen molar-refractivity contribution in [2.45, 2.75) is 32.0 Å². The number of carbonyl (C=O) groups is 1. The number of carbonyl (C=O) groups excluding carboxylic acids is 1. The Morgan fingerprint density at radius 1 is 1.17 bits per heavy atom. The molecule has 0 bridgehead atoms.